The fourth-order valence-electron chi connectivity index (χ4n) is 6.57. The summed E-state index contributed by atoms with van der Waals surface area (Å²) in [4.78, 5) is 18.6. The number of nitrogens with one attached hydrogen (secondary N) is 1. The maximum absolute atomic E-state index is 14.2. The summed E-state index contributed by atoms with van der Waals surface area (Å²) in [5.74, 6) is 0.638. The molecule has 1 unspecified atom stereocenters. The van der Waals surface area contributed by atoms with Gasteiger partial charge in [-0.05, 0) is 77.1 Å². The number of nitrogens with zero attached hydrogens (tertiary/aromatic N) is 6. The van der Waals surface area contributed by atoms with E-state index in [0.717, 1.165) is 66.5 Å². The van der Waals surface area contributed by atoms with E-state index in [9.17, 15) is 4.79 Å². The van der Waals surface area contributed by atoms with Crippen molar-refractivity contribution < 1.29 is 0 Å². The Balaban J connectivity index is 1.52. The van der Waals surface area contributed by atoms with Gasteiger partial charge in [-0.25, -0.2) is 9.89 Å². The summed E-state index contributed by atoms with van der Waals surface area (Å²) in [6.45, 7) is 7.35. The van der Waals surface area contributed by atoms with Crippen LogP contribution in [0.5, 0.6) is 0 Å². The molecule has 3 aromatic heterocycles. The highest BCUT2D eigenvalue weighted by Gasteiger charge is 2.39. The largest absolute Gasteiger partial charge is 0.328 e. The fraction of sp³-hybridized carbons (Fsp3) is 0.516. The molecule has 1 saturated carbocycles. The van der Waals surface area contributed by atoms with Gasteiger partial charge >= 0.3 is 5.69 Å². The number of hydrogen-bond acceptors (Lipinski definition) is 5. The number of pyridine rings is 1. The minimum absolute atomic E-state index is 0.127. The van der Waals surface area contributed by atoms with E-state index in [1.807, 2.05) is 35.2 Å². The van der Waals surface area contributed by atoms with Crippen LogP contribution in [-0.4, -0.2) is 34.7 Å². The molecule has 0 radical (unpaired) electrons. The molecule has 206 valence electrons. The van der Waals surface area contributed by atoms with Crippen LogP contribution in [0, 0.1) is 5.41 Å². The molecular weight excluding hydrogens is 486 g/mol. The lowest BCUT2D eigenvalue weighted by Gasteiger charge is -2.39. The van der Waals surface area contributed by atoms with Crippen molar-refractivity contribution in [2.24, 2.45) is 5.41 Å². The molecule has 0 spiro atoms. The van der Waals surface area contributed by atoms with Crippen molar-refractivity contribution >= 4 is 0 Å². The molecule has 8 heteroatoms. The number of unbranched alkanes of at least 4 members (excludes halogenated alkanes) is 1. The summed E-state index contributed by atoms with van der Waals surface area (Å²) in [6, 6.07) is 10.5. The minimum atomic E-state index is 0.127. The topological polar surface area (TPSA) is 94.3 Å². The molecule has 5 rings (SSSR count). The van der Waals surface area contributed by atoms with Gasteiger partial charge in [0.15, 0.2) is 5.82 Å². The summed E-state index contributed by atoms with van der Waals surface area (Å²) in [7, 11) is 0. The number of hydrogen-bond donors (Lipinski definition) is 1. The minimum Gasteiger partial charge on any atom is -0.295 e. The predicted molar refractivity (Wildman–Crippen MR) is 154 cm³/mol. The Morgan fingerprint density at radius 3 is 2.54 bits per heavy atom. The maximum Gasteiger partial charge on any atom is 0.328 e. The van der Waals surface area contributed by atoms with Gasteiger partial charge in [0.2, 0.25) is 0 Å². The van der Waals surface area contributed by atoms with Gasteiger partial charge in [0.25, 0.3) is 0 Å². The van der Waals surface area contributed by atoms with E-state index in [-0.39, 0.29) is 17.1 Å². The number of H-pyrrole nitrogens is 1. The first-order valence-corrected chi connectivity index (χ1v) is 14.7. The molecule has 0 saturated heterocycles. The number of aromatic amines is 1. The van der Waals surface area contributed by atoms with Crippen molar-refractivity contribution in [1.82, 2.24) is 34.7 Å². The van der Waals surface area contributed by atoms with Crippen LogP contribution in [0.25, 0.3) is 22.5 Å². The van der Waals surface area contributed by atoms with Gasteiger partial charge in [0.05, 0.1) is 6.54 Å². The maximum atomic E-state index is 14.2. The smallest absolute Gasteiger partial charge is 0.295 e. The molecule has 1 atom stereocenters. The zero-order chi connectivity index (χ0) is 27.2. The summed E-state index contributed by atoms with van der Waals surface area (Å²) in [5.41, 5.74) is 5.58. The lowest BCUT2D eigenvalue weighted by molar-refractivity contribution is 0.131. The van der Waals surface area contributed by atoms with Gasteiger partial charge in [0, 0.05) is 35.9 Å². The van der Waals surface area contributed by atoms with E-state index >= 15 is 0 Å². The molecule has 3 heterocycles. The second-order valence-corrected chi connectivity index (χ2v) is 11.0. The molecular formula is C31H41N7O. The van der Waals surface area contributed by atoms with Crippen LogP contribution in [0.1, 0.15) is 95.9 Å². The lowest BCUT2D eigenvalue weighted by Crippen LogP contribution is -2.37. The molecule has 1 fully saturated rings. The number of aromatic nitrogens is 7. The van der Waals surface area contributed by atoms with Crippen LogP contribution in [0.2, 0.25) is 0 Å². The Kier molecular flexibility index (Phi) is 8.38. The highest BCUT2D eigenvalue weighted by molar-refractivity contribution is 5.69. The molecule has 0 bridgehead atoms. The highest BCUT2D eigenvalue weighted by atomic mass is 16.1. The third-order valence-electron chi connectivity index (χ3n) is 9.02. The molecule has 1 aliphatic rings. The van der Waals surface area contributed by atoms with Crippen LogP contribution in [0.4, 0.5) is 0 Å². The van der Waals surface area contributed by atoms with E-state index < -0.39 is 0 Å². The van der Waals surface area contributed by atoms with Gasteiger partial charge in [-0.15, -0.1) is 5.10 Å². The van der Waals surface area contributed by atoms with Gasteiger partial charge in [0.1, 0.15) is 0 Å². The SMILES string of the molecule is CCCCc1cn(C2CCCCCC2(CC)CC)c(=O)n1Cc1cnccc1-c1ccc(-c2nnn[nH]2)cc1. The third kappa shape index (κ3) is 5.47. The van der Waals surface area contributed by atoms with E-state index in [1.54, 1.807) is 0 Å². The Bertz CT molecular complexity index is 1400. The average molecular weight is 528 g/mol. The normalized spacial score (nSPS) is 17.3. The molecule has 0 amide bonds. The van der Waals surface area contributed by atoms with Gasteiger partial charge in [-0.3, -0.25) is 14.1 Å². The summed E-state index contributed by atoms with van der Waals surface area (Å²) in [5, 5.41) is 14.2. The first-order chi connectivity index (χ1) is 19.1. The monoisotopic (exact) mass is 527 g/mol. The quantitative estimate of drug-likeness (QED) is 0.235. The summed E-state index contributed by atoms with van der Waals surface area (Å²) >= 11 is 0. The van der Waals surface area contributed by atoms with E-state index in [4.69, 9.17) is 0 Å². The standard InChI is InChI=1S/C31H41N7O/c1-4-7-11-26-22-38(28-12-9-8-10-18-31(28,5-2)6-3)30(39)37(26)21-25-20-32-19-17-27(25)23-13-15-24(16-14-23)29-33-35-36-34-29/h13-17,19-20,22,28H,4-12,18,21H2,1-3H3,(H,33,34,35,36). The molecule has 4 aromatic rings. The molecule has 1 N–H and O–H groups in total. The first-order valence-electron chi connectivity index (χ1n) is 14.7. The second-order valence-electron chi connectivity index (χ2n) is 11.0. The van der Waals surface area contributed by atoms with Crippen LogP contribution in [0.15, 0.2) is 53.7 Å². The van der Waals surface area contributed by atoms with Crippen LogP contribution < -0.4 is 5.69 Å². The summed E-state index contributed by atoms with van der Waals surface area (Å²) < 4.78 is 4.14. The third-order valence-corrected chi connectivity index (χ3v) is 9.02. The Labute approximate surface area is 230 Å². The van der Waals surface area contributed by atoms with Crippen LogP contribution >= 0.6 is 0 Å². The van der Waals surface area contributed by atoms with Crippen LogP contribution in [-0.2, 0) is 13.0 Å². The Morgan fingerprint density at radius 2 is 1.82 bits per heavy atom. The van der Waals surface area contributed by atoms with Crippen molar-refractivity contribution in [2.45, 2.75) is 97.6 Å². The number of benzene rings is 1. The van der Waals surface area contributed by atoms with Crippen LogP contribution in [0.3, 0.4) is 0 Å². The van der Waals surface area contributed by atoms with Crippen molar-refractivity contribution in [1.29, 1.82) is 0 Å². The van der Waals surface area contributed by atoms with Gasteiger partial charge in [-0.2, -0.15) is 0 Å². The van der Waals surface area contributed by atoms with Crippen molar-refractivity contribution in [3.63, 3.8) is 0 Å². The molecule has 1 aromatic carbocycles. The van der Waals surface area contributed by atoms with Crippen molar-refractivity contribution in [3.8, 4) is 22.5 Å². The van der Waals surface area contributed by atoms with E-state index in [2.05, 4.69) is 69.3 Å². The molecule has 1 aliphatic carbocycles. The highest BCUT2D eigenvalue weighted by Crippen LogP contribution is 2.47. The molecule has 39 heavy (non-hydrogen) atoms. The zero-order valence-corrected chi connectivity index (χ0v) is 23.6. The van der Waals surface area contributed by atoms with Gasteiger partial charge < -0.3 is 0 Å². The Morgan fingerprint density at radius 1 is 1.03 bits per heavy atom. The average Bonchev–Trinajstić information content (AvgIpc) is 3.56. The predicted octanol–water partition coefficient (Wildman–Crippen LogP) is 6.59. The number of aryl methyl sites for hydroxylation is 1. The number of tetrazole rings is 1. The zero-order valence-electron chi connectivity index (χ0n) is 23.6. The fourth-order valence-corrected chi connectivity index (χ4v) is 6.57. The molecule has 0 aliphatic heterocycles. The Hall–Kier alpha value is -3.55. The molecule has 8 nitrogen and oxygen atoms in total. The summed E-state index contributed by atoms with van der Waals surface area (Å²) in [6.07, 6.45) is 17.3. The number of rotatable bonds is 10. The van der Waals surface area contributed by atoms with Gasteiger partial charge in [-0.1, -0.05) is 70.7 Å². The number of imidazole rings is 1. The van der Waals surface area contributed by atoms with Crippen molar-refractivity contribution in [2.75, 3.05) is 0 Å². The van der Waals surface area contributed by atoms with Crippen molar-refractivity contribution in [3.05, 3.63) is 70.7 Å². The second kappa shape index (κ2) is 12.1. The van der Waals surface area contributed by atoms with E-state index in [0.29, 0.717) is 12.4 Å². The first kappa shape index (κ1) is 27.0. The lowest BCUT2D eigenvalue weighted by atomic mass is 9.72. The van der Waals surface area contributed by atoms with E-state index in [1.165, 1.54) is 25.7 Å².